The summed E-state index contributed by atoms with van der Waals surface area (Å²) in [6.45, 7) is 0.314. The lowest BCUT2D eigenvalue weighted by Gasteiger charge is -2.23. The van der Waals surface area contributed by atoms with Gasteiger partial charge in [0.25, 0.3) is 5.91 Å². The Bertz CT molecular complexity index is 1740. The Morgan fingerprint density at radius 2 is 1.49 bits per heavy atom. The minimum atomic E-state index is -1.92. The predicted octanol–water partition coefficient (Wildman–Crippen LogP) is 6.10. The van der Waals surface area contributed by atoms with E-state index in [-0.39, 0.29) is 12.2 Å². The largest absolute Gasteiger partial charge is 0.375 e. The number of benzene rings is 5. The topological polar surface area (TPSA) is 57.6 Å². The number of para-hydroxylation sites is 1. The first-order valence-corrected chi connectivity index (χ1v) is 12.7. The van der Waals surface area contributed by atoms with E-state index in [1.807, 2.05) is 84.9 Å². The van der Waals surface area contributed by atoms with Gasteiger partial charge >= 0.3 is 0 Å². The van der Waals surface area contributed by atoms with E-state index in [0.717, 1.165) is 39.9 Å². The van der Waals surface area contributed by atoms with Crippen LogP contribution in [0.3, 0.4) is 0 Å². The fourth-order valence-corrected chi connectivity index (χ4v) is 6.25. The van der Waals surface area contributed by atoms with Crippen molar-refractivity contribution < 1.29 is 14.7 Å². The third kappa shape index (κ3) is 3.26. The average Bonchev–Trinajstić information content (AvgIpc) is 3.44. The maximum absolute atomic E-state index is 13.9. The summed E-state index contributed by atoms with van der Waals surface area (Å²) in [6, 6.07) is 31.3. The molecular formula is C33H25NO3. The summed E-state index contributed by atoms with van der Waals surface area (Å²) in [5, 5.41) is 16.1. The van der Waals surface area contributed by atoms with Gasteiger partial charge in [0.15, 0.2) is 11.4 Å². The summed E-state index contributed by atoms with van der Waals surface area (Å²) in [7, 11) is 0. The fourth-order valence-electron chi connectivity index (χ4n) is 6.25. The number of rotatable bonds is 5. The summed E-state index contributed by atoms with van der Waals surface area (Å²) in [5.41, 5.74) is 3.28. The second-order valence-corrected chi connectivity index (χ2v) is 10.1. The van der Waals surface area contributed by atoms with E-state index in [2.05, 4.69) is 6.07 Å². The van der Waals surface area contributed by atoms with Crippen molar-refractivity contribution in [3.05, 3.63) is 125 Å². The molecule has 180 valence electrons. The summed E-state index contributed by atoms with van der Waals surface area (Å²) < 4.78 is 0. The first-order valence-electron chi connectivity index (χ1n) is 12.7. The van der Waals surface area contributed by atoms with Crippen LogP contribution in [0.4, 0.5) is 5.69 Å². The molecule has 0 bridgehead atoms. The van der Waals surface area contributed by atoms with Crippen molar-refractivity contribution in [2.24, 2.45) is 0 Å². The molecule has 1 amide bonds. The number of hydrogen-bond donors (Lipinski definition) is 1. The van der Waals surface area contributed by atoms with Crippen LogP contribution < -0.4 is 4.90 Å². The fraction of sp³-hybridized carbons (Fsp3) is 0.152. The zero-order valence-electron chi connectivity index (χ0n) is 20.3. The maximum Gasteiger partial charge on any atom is 0.264 e. The first-order chi connectivity index (χ1) is 18.0. The van der Waals surface area contributed by atoms with E-state index >= 15 is 0 Å². The Balaban J connectivity index is 1.27. The number of aliphatic hydroxyl groups is 1. The highest BCUT2D eigenvalue weighted by atomic mass is 16.3. The molecule has 1 N–H and O–H groups in total. The molecule has 1 unspecified atom stereocenters. The minimum absolute atomic E-state index is 0.228. The quantitative estimate of drug-likeness (QED) is 0.307. The van der Waals surface area contributed by atoms with Crippen LogP contribution in [0, 0.1) is 0 Å². The van der Waals surface area contributed by atoms with E-state index in [9.17, 15) is 14.7 Å². The van der Waals surface area contributed by atoms with Gasteiger partial charge in [0.2, 0.25) is 0 Å². The SMILES string of the molecule is O=C(CC1(O)C(=O)N(Cc2cccc3ccccc23)c2ccccc21)c1ccc2c3c(cccc13)CC2. The standard InChI is InChI=1S/C33H25NO3/c35-30(26-18-17-23-16-15-22-9-6-12-27(26)31(22)23)19-33(37)28-13-3-4-14-29(28)34(32(33)36)20-24-10-5-8-21-7-1-2-11-25(21)24/h1-14,17-18,37H,15-16,19-20H2. The molecule has 0 fully saturated rings. The van der Waals surface area contributed by atoms with E-state index < -0.39 is 11.5 Å². The molecule has 2 aliphatic rings. The van der Waals surface area contributed by atoms with Crippen LogP contribution in [0.15, 0.2) is 97.1 Å². The van der Waals surface area contributed by atoms with Crippen molar-refractivity contribution in [2.75, 3.05) is 4.90 Å². The van der Waals surface area contributed by atoms with Crippen molar-refractivity contribution in [3.63, 3.8) is 0 Å². The van der Waals surface area contributed by atoms with Crippen LogP contribution in [0.5, 0.6) is 0 Å². The number of ketones is 1. The van der Waals surface area contributed by atoms with Gasteiger partial charge in [-0.2, -0.15) is 0 Å². The van der Waals surface area contributed by atoms with Crippen LogP contribution in [-0.2, 0) is 29.8 Å². The summed E-state index contributed by atoms with van der Waals surface area (Å²) in [5.74, 6) is -0.686. The van der Waals surface area contributed by atoms with Gasteiger partial charge in [0, 0.05) is 11.1 Å². The van der Waals surface area contributed by atoms with Gasteiger partial charge < -0.3 is 10.0 Å². The smallest absolute Gasteiger partial charge is 0.264 e. The molecule has 5 aromatic rings. The van der Waals surface area contributed by atoms with Crippen LogP contribution >= 0.6 is 0 Å². The monoisotopic (exact) mass is 483 g/mol. The van der Waals surface area contributed by atoms with E-state index in [1.54, 1.807) is 11.0 Å². The molecule has 7 rings (SSSR count). The van der Waals surface area contributed by atoms with Gasteiger partial charge in [-0.15, -0.1) is 0 Å². The lowest BCUT2D eigenvalue weighted by molar-refractivity contribution is -0.136. The van der Waals surface area contributed by atoms with Gasteiger partial charge in [0.05, 0.1) is 18.7 Å². The summed E-state index contributed by atoms with van der Waals surface area (Å²) >= 11 is 0. The molecule has 37 heavy (non-hydrogen) atoms. The number of nitrogens with zero attached hydrogens (tertiary/aromatic N) is 1. The number of carbonyl (C=O) groups is 2. The van der Waals surface area contributed by atoms with Gasteiger partial charge in [0.1, 0.15) is 0 Å². The highest BCUT2D eigenvalue weighted by molar-refractivity contribution is 6.14. The van der Waals surface area contributed by atoms with E-state index in [0.29, 0.717) is 23.4 Å². The number of fused-ring (bicyclic) bond motifs is 2. The molecule has 0 saturated heterocycles. The third-order valence-electron chi connectivity index (χ3n) is 8.04. The molecular weight excluding hydrogens is 458 g/mol. The summed E-state index contributed by atoms with van der Waals surface area (Å²) in [6.07, 6.45) is 1.65. The number of Topliss-reactive ketones (excluding diaryl/α,β-unsaturated/α-hetero) is 1. The highest BCUT2D eigenvalue weighted by Crippen LogP contribution is 2.44. The van der Waals surface area contributed by atoms with Crippen molar-refractivity contribution in [3.8, 4) is 0 Å². The molecule has 1 heterocycles. The van der Waals surface area contributed by atoms with Gasteiger partial charge in [-0.25, -0.2) is 0 Å². The predicted molar refractivity (Wildman–Crippen MR) is 146 cm³/mol. The summed E-state index contributed by atoms with van der Waals surface area (Å²) in [4.78, 5) is 29.2. The lowest BCUT2D eigenvalue weighted by atomic mass is 9.86. The maximum atomic E-state index is 13.9. The van der Waals surface area contributed by atoms with Gasteiger partial charge in [-0.05, 0) is 57.1 Å². The number of amides is 1. The molecule has 4 heteroatoms. The van der Waals surface area contributed by atoms with Crippen molar-refractivity contribution in [1.82, 2.24) is 0 Å². The van der Waals surface area contributed by atoms with Gasteiger partial charge in [-0.1, -0.05) is 91.0 Å². The number of aryl methyl sites for hydroxylation is 2. The Kier molecular flexibility index (Phi) is 4.82. The van der Waals surface area contributed by atoms with Crippen molar-refractivity contribution >= 4 is 38.9 Å². The van der Waals surface area contributed by atoms with Crippen LogP contribution in [0.1, 0.15) is 39.0 Å². The molecule has 1 aliphatic carbocycles. The zero-order valence-corrected chi connectivity index (χ0v) is 20.3. The minimum Gasteiger partial charge on any atom is -0.375 e. The first kappa shape index (κ1) is 22.0. The number of anilines is 1. The molecule has 4 nitrogen and oxygen atoms in total. The molecule has 0 aromatic heterocycles. The van der Waals surface area contributed by atoms with E-state index in [1.165, 1.54) is 11.1 Å². The van der Waals surface area contributed by atoms with Crippen LogP contribution in [0.25, 0.3) is 21.5 Å². The van der Waals surface area contributed by atoms with E-state index in [4.69, 9.17) is 0 Å². The normalized spacial score (nSPS) is 18.1. The number of carbonyl (C=O) groups excluding carboxylic acids is 2. The third-order valence-corrected chi connectivity index (χ3v) is 8.04. The van der Waals surface area contributed by atoms with Crippen LogP contribution in [-0.4, -0.2) is 16.8 Å². The lowest BCUT2D eigenvalue weighted by Crippen LogP contribution is -2.41. The molecule has 1 aliphatic heterocycles. The Morgan fingerprint density at radius 1 is 0.784 bits per heavy atom. The highest BCUT2D eigenvalue weighted by Gasteiger charge is 2.51. The second kappa shape index (κ2) is 8.12. The van der Waals surface area contributed by atoms with Crippen LogP contribution in [0.2, 0.25) is 0 Å². The number of hydrogen-bond acceptors (Lipinski definition) is 3. The molecule has 0 radical (unpaired) electrons. The zero-order chi connectivity index (χ0) is 25.1. The Labute approximate surface area is 214 Å². The molecule has 0 spiro atoms. The molecule has 0 saturated carbocycles. The second-order valence-electron chi connectivity index (χ2n) is 10.1. The van der Waals surface area contributed by atoms with Crippen molar-refractivity contribution in [1.29, 1.82) is 0 Å². The molecule has 5 aromatic carbocycles. The Morgan fingerprint density at radius 3 is 2.38 bits per heavy atom. The molecule has 1 atom stereocenters. The van der Waals surface area contributed by atoms with Crippen molar-refractivity contribution in [2.45, 2.75) is 31.4 Å². The van der Waals surface area contributed by atoms with Gasteiger partial charge in [-0.3, -0.25) is 9.59 Å². The average molecular weight is 484 g/mol. The Hall–Kier alpha value is -4.28.